The maximum Gasteiger partial charge on any atom is 0.0857 e. The van der Waals surface area contributed by atoms with E-state index in [9.17, 15) is 0 Å². The fourth-order valence-electron chi connectivity index (χ4n) is 0.829. The molecule has 0 atom stereocenters. The van der Waals surface area contributed by atoms with Crippen molar-refractivity contribution < 1.29 is 0 Å². The Labute approximate surface area is 67.0 Å². The van der Waals surface area contributed by atoms with Crippen LogP contribution in [0.5, 0.6) is 0 Å². The molecular weight excluding hydrogens is 136 g/mol. The number of rotatable bonds is 2. The van der Waals surface area contributed by atoms with Crippen LogP contribution in [0.25, 0.3) is 5.70 Å². The van der Waals surface area contributed by atoms with E-state index in [-0.39, 0.29) is 0 Å². The van der Waals surface area contributed by atoms with E-state index in [0.717, 1.165) is 11.4 Å². The lowest BCUT2D eigenvalue weighted by Crippen LogP contribution is -2.04. The van der Waals surface area contributed by atoms with Gasteiger partial charge in [-0.1, -0.05) is 6.58 Å². The first-order valence-corrected chi connectivity index (χ1v) is 3.53. The first-order chi connectivity index (χ1) is 5.24. The second-order valence-electron chi connectivity index (χ2n) is 2.45. The molecule has 0 aliphatic rings. The smallest absolute Gasteiger partial charge is 0.0857 e. The molecular formula is C9H12N2. The van der Waals surface area contributed by atoms with Gasteiger partial charge in [0.2, 0.25) is 0 Å². The highest BCUT2D eigenvalue weighted by Crippen LogP contribution is 2.06. The van der Waals surface area contributed by atoms with Crippen LogP contribution in [0.2, 0.25) is 0 Å². The van der Waals surface area contributed by atoms with Gasteiger partial charge in [0.05, 0.1) is 11.4 Å². The second kappa shape index (κ2) is 3.19. The van der Waals surface area contributed by atoms with Crippen molar-refractivity contribution in [1.29, 1.82) is 0 Å². The lowest BCUT2D eigenvalue weighted by molar-refractivity contribution is 1.09. The maximum absolute atomic E-state index is 4.15. The third-order valence-corrected chi connectivity index (χ3v) is 1.53. The Morgan fingerprint density at radius 3 is 2.91 bits per heavy atom. The molecule has 0 unspecified atom stereocenters. The van der Waals surface area contributed by atoms with Crippen molar-refractivity contribution >= 4 is 5.70 Å². The van der Waals surface area contributed by atoms with Crippen molar-refractivity contribution in [3.8, 4) is 0 Å². The molecule has 0 fully saturated rings. The molecule has 0 saturated heterocycles. The van der Waals surface area contributed by atoms with Crippen molar-refractivity contribution in [2.75, 3.05) is 7.05 Å². The van der Waals surface area contributed by atoms with Gasteiger partial charge in [-0.3, -0.25) is 4.98 Å². The van der Waals surface area contributed by atoms with Gasteiger partial charge in [-0.05, 0) is 24.6 Å². The van der Waals surface area contributed by atoms with E-state index < -0.39 is 0 Å². The summed E-state index contributed by atoms with van der Waals surface area (Å²) in [5, 5.41) is 2.95. The number of hydrogen-bond donors (Lipinski definition) is 1. The molecule has 0 aliphatic heterocycles. The Bertz CT molecular complexity index is 266. The van der Waals surface area contributed by atoms with Crippen LogP contribution in [-0.2, 0) is 0 Å². The number of hydrogen-bond acceptors (Lipinski definition) is 2. The van der Waals surface area contributed by atoms with Crippen molar-refractivity contribution in [2.45, 2.75) is 6.92 Å². The van der Waals surface area contributed by atoms with Gasteiger partial charge >= 0.3 is 0 Å². The van der Waals surface area contributed by atoms with E-state index in [4.69, 9.17) is 0 Å². The maximum atomic E-state index is 4.15. The molecule has 0 aliphatic carbocycles. The SMILES string of the molecule is C=C(NC)c1cc(C)ccn1. The van der Waals surface area contributed by atoms with Crippen LogP contribution >= 0.6 is 0 Å². The molecule has 1 rings (SSSR count). The van der Waals surface area contributed by atoms with Gasteiger partial charge < -0.3 is 5.32 Å². The predicted molar refractivity (Wildman–Crippen MR) is 47.1 cm³/mol. The minimum Gasteiger partial charge on any atom is -0.387 e. The minimum absolute atomic E-state index is 0.855. The Morgan fingerprint density at radius 2 is 2.36 bits per heavy atom. The average molecular weight is 148 g/mol. The van der Waals surface area contributed by atoms with Crippen LogP contribution in [0.4, 0.5) is 0 Å². The molecule has 2 heteroatoms. The lowest BCUT2D eigenvalue weighted by atomic mass is 10.2. The van der Waals surface area contributed by atoms with E-state index >= 15 is 0 Å². The summed E-state index contributed by atoms with van der Waals surface area (Å²) in [4.78, 5) is 4.15. The summed E-state index contributed by atoms with van der Waals surface area (Å²) in [5.74, 6) is 0. The van der Waals surface area contributed by atoms with E-state index in [1.54, 1.807) is 6.20 Å². The van der Waals surface area contributed by atoms with Gasteiger partial charge in [0.1, 0.15) is 0 Å². The third kappa shape index (κ3) is 1.80. The van der Waals surface area contributed by atoms with Crippen molar-refractivity contribution in [3.63, 3.8) is 0 Å². The fraction of sp³-hybridized carbons (Fsp3) is 0.222. The molecule has 1 N–H and O–H groups in total. The second-order valence-corrected chi connectivity index (χ2v) is 2.45. The lowest BCUT2D eigenvalue weighted by Gasteiger charge is -2.03. The van der Waals surface area contributed by atoms with E-state index in [0.29, 0.717) is 0 Å². The zero-order chi connectivity index (χ0) is 8.27. The summed E-state index contributed by atoms with van der Waals surface area (Å²) in [6.45, 7) is 5.85. The average Bonchev–Trinajstić information content (AvgIpc) is 2.03. The van der Waals surface area contributed by atoms with Crippen LogP contribution < -0.4 is 5.32 Å². The number of nitrogens with zero attached hydrogens (tertiary/aromatic N) is 1. The number of pyridine rings is 1. The molecule has 0 bridgehead atoms. The predicted octanol–water partition coefficient (Wildman–Crippen LogP) is 1.58. The molecule has 0 amide bonds. The molecule has 0 aromatic carbocycles. The molecule has 1 aromatic heterocycles. The molecule has 0 radical (unpaired) electrons. The normalized spacial score (nSPS) is 9.27. The standard InChI is InChI=1S/C9H12N2/c1-7-4-5-11-9(6-7)8(2)10-3/h4-6,10H,2H2,1,3H3. The van der Waals surface area contributed by atoms with Crippen LogP contribution in [0.1, 0.15) is 11.3 Å². The number of nitrogens with one attached hydrogen (secondary N) is 1. The van der Waals surface area contributed by atoms with Gasteiger partial charge in [-0.25, -0.2) is 0 Å². The minimum atomic E-state index is 0.855. The molecule has 2 nitrogen and oxygen atoms in total. The molecule has 0 spiro atoms. The quantitative estimate of drug-likeness (QED) is 0.688. The van der Waals surface area contributed by atoms with Crippen molar-refractivity contribution in [1.82, 2.24) is 10.3 Å². The number of aryl methyl sites for hydroxylation is 1. The molecule has 0 saturated carbocycles. The summed E-state index contributed by atoms with van der Waals surface area (Å²) in [7, 11) is 1.84. The summed E-state index contributed by atoms with van der Waals surface area (Å²) < 4.78 is 0. The largest absolute Gasteiger partial charge is 0.387 e. The Kier molecular flexibility index (Phi) is 2.26. The van der Waals surface area contributed by atoms with E-state index in [1.807, 2.05) is 26.1 Å². The third-order valence-electron chi connectivity index (χ3n) is 1.53. The number of aromatic nitrogens is 1. The van der Waals surface area contributed by atoms with Crippen molar-refractivity contribution in [3.05, 3.63) is 36.2 Å². The molecule has 1 heterocycles. The first-order valence-electron chi connectivity index (χ1n) is 3.53. The summed E-state index contributed by atoms with van der Waals surface area (Å²) in [6, 6.07) is 3.96. The highest BCUT2D eigenvalue weighted by molar-refractivity contribution is 5.57. The monoisotopic (exact) mass is 148 g/mol. The summed E-state index contributed by atoms with van der Waals surface area (Å²) >= 11 is 0. The Hall–Kier alpha value is -1.31. The van der Waals surface area contributed by atoms with Crippen LogP contribution in [0.15, 0.2) is 24.9 Å². The topological polar surface area (TPSA) is 24.9 Å². The van der Waals surface area contributed by atoms with Crippen LogP contribution in [0, 0.1) is 6.92 Å². The Balaban J connectivity index is 2.96. The first kappa shape index (κ1) is 7.79. The highest BCUT2D eigenvalue weighted by Gasteiger charge is 1.95. The van der Waals surface area contributed by atoms with Crippen LogP contribution in [-0.4, -0.2) is 12.0 Å². The summed E-state index contributed by atoms with van der Waals surface area (Å²) in [6.07, 6.45) is 1.78. The highest BCUT2D eigenvalue weighted by atomic mass is 14.9. The van der Waals surface area contributed by atoms with Gasteiger partial charge in [0.15, 0.2) is 0 Å². The van der Waals surface area contributed by atoms with Crippen LogP contribution in [0.3, 0.4) is 0 Å². The zero-order valence-corrected chi connectivity index (χ0v) is 6.89. The van der Waals surface area contributed by atoms with E-state index in [2.05, 4.69) is 16.9 Å². The van der Waals surface area contributed by atoms with Gasteiger partial charge in [0, 0.05) is 13.2 Å². The molecule has 1 aromatic rings. The van der Waals surface area contributed by atoms with Gasteiger partial charge in [-0.15, -0.1) is 0 Å². The molecule has 11 heavy (non-hydrogen) atoms. The van der Waals surface area contributed by atoms with Gasteiger partial charge in [-0.2, -0.15) is 0 Å². The summed E-state index contributed by atoms with van der Waals surface area (Å²) in [5.41, 5.74) is 2.97. The fourth-order valence-corrected chi connectivity index (χ4v) is 0.829. The van der Waals surface area contributed by atoms with Gasteiger partial charge in [0.25, 0.3) is 0 Å². The Morgan fingerprint density at radius 1 is 1.64 bits per heavy atom. The van der Waals surface area contributed by atoms with Crippen molar-refractivity contribution in [2.24, 2.45) is 0 Å². The molecule has 58 valence electrons. The van der Waals surface area contributed by atoms with E-state index in [1.165, 1.54) is 5.56 Å². The zero-order valence-electron chi connectivity index (χ0n) is 6.89.